The summed E-state index contributed by atoms with van der Waals surface area (Å²) in [5.41, 5.74) is 4.62. The molecule has 9 heteroatoms. The second-order valence-corrected chi connectivity index (χ2v) is 9.50. The number of hydrogen-bond donors (Lipinski definition) is 1. The van der Waals surface area contributed by atoms with Gasteiger partial charge in [0.05, 0.1) is 48.0 Å². The van der Waals surface area contributed by atoms with E-state index in [1.807, 2.05) is 45.0 Å². The highest BCUT2D eigenvalue weighted by Crippen LogP contribution is 2.28. The van der Waals surface area contributed by atoms with Gasteiger partial charge < -0.3 is 14.5 Å². The SMILES string of the molecule is Cc1ncc(-c2ccnc(C(C)(C)C#N)c2)nc1-c1nnc(-c2ccc(CNCC3COC3)cc2)o1. The molecule has 1 aliphatic heterocycles. The molecule has 0 aliphatic carbocycles. The molecule has 182 valence electrons. The summed E-state index contributed by atoms with van der Waals surface area (Å²) < 4.78 is 11.2. The third kappa shape index (κ3) is 5.00. The molecule has 0 radical (unpaired) electrons. The monoisotopic (exact) mass is 481 g/mol. The summed E-state index contributed by atoms with van der Waals surface area (Å²) in [4.78, 5) is 13.6. The lowest BCUT2D eigenvalue weighted by atomic mass is 9.90. The number of rotatable bonds is 8. The summed E-state index contributed by atoms with van der Waals surface area (Å²) in [6.07, 6.45) is 3.37. The average molecular weight is 482 g/mol. The van der Waals surface area contributed by atoms with Crippen LogP contribution in [0.5, 0.6) is 0 Å². The van der Waals surface area contributed by atoms with Gasteiger partial charge in [-0.1, -0.05) is 12.1 Å². The van der Waals surface area contributed by atoms with Gasteiger partial charge in [-0.25, -0.2) is 4.98 Å². The lowest BCUT2D eigenvalue weighted by molar-refractivity contribution is -0.0307. The lowest BCUT2D eigenvalue weighted by Crippen LogP contribution is -2.36. The Morgan fingerprint density at radius 3 is 2.56 bits per heavy atom. The van der Waals surface area contributed by atoms with Crippen molar-refractivity contribution in [3.05, 3.63) is 65.7 Å². The van der Waals surface area contributed by atoms with Crippen molar-refractivity contribution >= 4 is 0 Å². The Morgan fingerprint density at radius 1 is 1.06 bits per heavy atom. The van der Waals surface area contributed by atoms with Crippen molar-refractivity contribution in [3.8, 4) is 40.4 Å². The van der Waals surface area contributed by atoms with Gasteiger partial charge in [-0.15, -0.1) is 10.2 Å². The molecule has 0 saturated carbocycles. The van der Waals surface area contributed by atoms with E-state index in [0.717, 1.165) is 37.4 Å². The van der Waals surface area contributed by atoms with Crippen LogP contribution in [0, 0.1) is 24.2 Å². The fourth-order valence-electron chi connectivity index (χ4n) is 3.80. The quantitative estimate of drug-likeness (QED) is 0.396. The van der Waals surface area contributed by atoms with Crippen molar-refractivity contribution in [2.24, 2.45) is 5.92 Å². The Morgan fingerprint density at radius 2 is 1.83 bits per heavy atom. The zero-order chi connectivity index (χ0) is 25.1. The normalized spacial score (nSPS) is 13.8. The molecule has 9 nitrogen and oxygen atoms in total. The average Bonchev–Trinajstić information content (AvgIpc) is 3.36. The van der Waals surface area contributed by atoms with E-state index in [2.05, 4.69) is 43.7 Å². The molecular formula is C27H27N7O2. The summed E-state index contributed by atoms with van der Waals surface area (Å²) in [7, 11) is 0. The molecule has 1 N–H and O–H groups in total. The number of aromatic nitrogens is 5. The van der Waals surface area contributed by atoms with E-state index < -0.39 is 5.41 Å². The van der Waals surface area contributed by atoms with E-state index >= 15 is 0 Å². The number of aryl methyl sites for hydroxylation is 1. The van der Waals surface area contributed by atoms with Crippen LogP contribution < -0.4 is 5.32 Å². The minimum Gasteiger partial charge on any atom is -0.415 e. The maximum atomic E-state index is 9.47. The highest BCUT2D eigenvalue weighted by atomic mass is 16.5. The van der Waals surface area contributed by atoms with Crippen LogP contribution in [0.3, 0.4) is 0 Å². The van der Waals surface area contributed by atoms with E-state index in [9.17, 15) is 5.26 Å². The molecule has 1 fully saturated rings. The number of ether oxygens (including phenoxy) is 1. The van der Waals surface area contributed by atoms with Gasteiger partial charge in [-0.3, -0.25) is 9.97 Å². The van der Waals surface area contributed by atoms with Crippen LogP contribution in [0.1, 0.15) is 30.8 Å². The van der Waals surface area contributed by atoms with Crippen molar-refractivity contribution in [2.75, 3.05) is 19.8 Å². The van der Waals surface area contributed by atoms with Crippen LogP contribution in [0.4, 0.5) is 0 Å². The molecule has 36 heavy (non-hydrogen) atoms. The molecule has 4 aromatic rings. The van der Waals surface area contributed by atoms with Crippen LogP contribution in [0.25, 0.3) is 34.3 Å². The first kappa shape index (κ1) is 23.7. The predicted molar refractivity (Wildman–Crippen MR) is 133 cm³/mol. The van der Waals surface area contributed by atoms with Gasteiger partial charge >= 0.3 is 0 Å². The summed E-state index contributed by atoms with van der Waals surface area (Å²) in [5, 5.41) is 21.4. The molecule has 0 amide bonds. The Kier molecular flexibility index (Phi) is 6.55. The first-order valence-corrected chi connectivity index (χ1v) is 11.9. The van der Waals surface area contributed by atoms with Crippen LogP contribution >= 0.6 is 0 Å². The third-order valence-corrected chi connectivity index (χ3v) is 6.23. The Labute approximate surface area is 209 Å². The highest BCUT2D eigenvalue weighted by Gasteiger charge is 2.23. The van der Waals surface area contributed by atoms with E-state index in [-0.39, 0.29) is 0 Å². The third-order valence-electron chi connectivity index (χ3n) is 6.23. The molecule has 3 aromatic heterocycles. The predicted octanol–water partition coefficient (Wildman–Crippen LogP) is 4.10. The van der Waals surface area contributed by atoms with Crippen LogP contribution in [-0.4, -0.2) is 44.9 Å². The molecule has 0 atom stereocenters. The van der Waals surface area contributed by atoms with Crippen molar-refractivity contribution in [1.82, 2.24) is 30.5 Å². The second kappa shape index (κ2) is 9.93. The van der Waals surface area contributed by atoms with Crippen LogP contribution in [-0.2, 0) is 16.7 Å². The van der Waals surface area contributed by atoms with Crippen molar-refractivity contribution in [3.63, 3.8) is 0 Å². The minimum atomic E-state index is -0.713. The van der Waals surface area contributed by atoms with Crippen molar-refractivity contribution in [2.45, 2.75) is 32.7 Å². The summed E-state index contributed by atoms with van der Waals surface area (Å²) in [6, 6.07) is 14.1. The zero-order valence-electron chi connectivity index (χ0n) is 20.5. The van der Waals surface area contributed by atoms with E-state index in [0.29, 0.717) is 40.5 Å². The van der Waals surface area contributed by atoms with Gasteiger partial charge in [0.2, 0.25) is 5.89 Å². The summed E-state index contributed by atoms with van der Waals surface area (Å²) >= 11 is 0. The molecule has 1 aromatic carbocycles. The van der Waals surface area contributed by atoms with Gasteiger partial charge in [0.1, 0.15) is 5.69 Å². The fourth-order valence-corrected chi connectivity index (χ4v) is 3.80. The Balaban J connectivity index is 1.34. The standard InChI is InChI=1S/C27H27N7O2/c1-17-24(32-22(13-31-17)21-8-9-30-23(10-21)27(2,3)16-28)26-34-33-25(36-26)20-6-4-18(5-7-20)11-29-12-19-14-35-15-19/h4-10,13,19,29H,11-12,14-15H2,1-3H3. The molecule has 1 saturated heterocycles. The van der Waals surface area contributed by atoms with Gasteiger partial charge in [0, 0.05) is 36.3 Å². The topological polar surface area (TPSA) is 123 Å². The van der Waals surface area contributed by atoms with Crippen LogP contribution in [0.2, 0.25) is 0 Å². The first-order chi connectivity index (χ1) is 17.4. The minimum absolute atomic E-state index is 0.303. The Hall–Kier alpha value is -4.00. The number of nitrogens with zero attached hydrogens (tertiary/aromatic N) is 6. The summed E-state index contributed by atoms with van der Waals surface area (Å²) in [6.45, 7) is 8.98. The number of pyridine rings is 1. The number of hydrogen-bond acceptors (Lipinski definition) is 9. The van der Waals surface area contributed by atoms with Gasteiger partial charge in [-0.2, -0.15) is 5.26 Å². The molecule has 0 spiro atoms. The maximum absolute atomic E-state index is 9.47. The lowest BCUT2D eigenvalue weighted by Gasteiger charge is -2.26. The summed E-state index contributed by atoms with van der Waals surface area (Å²) in [5.74, 6) is 1.35. The second-order valence-electron chi connectivity index (χ2n) is 9.50. The van der Waals surface area contributed by atoms with Crippen molar-refractivity contribution < 1.29 is 9.15 Å². The molecule has 5 rings (SSSR count). The smallest absolute Gasteiger partial charge is 0.268 e. The number of nitriles is 1. The first-order valence-electron chi connectivity index (χ1n) is 11.9. The number of nitrogens with one attached hydrogen (secondary N) is 1. The Bertz CT molecular complexity index is 1400. The van der Waals surface area contributed by atoms with Crippen LogP contribution in [0.15, 0.2) is 53.2 Å². The molecule has 4 heterocycles. The van der Waals surface area contributed by atoms with E-state index in [4.69, 9.17) is 14.1 Å². The van der Waals surface area contributed by atoms with Crippen molar-refractivity contribution in [1.29, 1.82) is 5.26 Å². The largest absolute Gasteiger partial charge is 0.415 e. The highest BCUT2D eigenvalue weighted by molar-refractivity contribution is 5.64. The van der Waals surface area contributed by atoms with Gasteiger partial charge in [-0.05, 0) is 50.6 Å². The van der Waals surface area contributed by atoms with Gasteiger partial charge in [0.15, 0.2) is 0 Å². The molecule has 1 aliphatic rings. The zero-order valence-corrected chi connectivity index (χ0v) is 20.5. The van der Waals surface area contributed by atoms with E-state index in [1.54, 1.807) is 12.4 Å². The fraction of sp³-hybridized carbons (Fsp3) is 0.333. The molecule has 0 bridgehead atoms. The van der Waals surface area contributed by atoms with E-state index in [1.165, 1.54) is 5.56 Å². The number of benzene rings is 1. The molecule has 0 unspecified atom stereocenters. The van der Waals surface area contributed by atoms with Gasteiger partial charge in [0.25, 0.3) is 5.89 Å². The maximum Gasteiger partial charge on any atom is 0.268 e. The molecular weight excluding hydrogens is 454 g/mol.